The van der Waals surface area contributed by atoms with Crippen molar-refractivity contribution in [2.75, 3.05) is 10.7 Å². The fraction of sp³-hybridized carbons (Fsp3) is 0.0741. The smallest absolute Gasteiger partial charge is 0.346 e. The van der Waals surface area contributed by atoms with E-state index in [2.05, 4.69) is 138 Å². The maximum atomic E-state index is 11.2. The lowest BCUT2D eigenvalue weighted by molar-refractivity contribution is -0.133. The van der Waals surface area contributed by atoms with Crippen molar-refractivity contribution in [1.29, 1.82) is 5.26 Å². The number of carboxylic acids is 2. The summed E-state index contributed by atoms with van der Waals surface area (Å²) in [5, 5.41) is 27.5. The third-order valence-corrected chi connectivity index (χ3v) is 13.3. The van der Waals surface area contributed by atoms with Crippen LogP contribution >= 0.6 is 34.4 Å². The Labute approximate surface area is 385 Å². The molecule has 0 aliphatic heterocycles. The molecule has 5 aromatic carbocycles. The first-order valence-corrected chi connectivity index (χ1v) is 23.0. The standard InChI is InChI=1S/C54H41N3O4S3/c1-3-4-33-62-47-27-25-46(26-28-47)57(44-21-13-39(14-22-44)7-5-37-9-17-41(18-10-37)51-31-29-48(63-51)34-43(36-55)53(58)59)45-23-15-40(16-24-45)8-6-38-11-19-42(20-12-38)52-32-30-49(64-52)35-50(56-2)54(60)61/h5-32,34-35H,3-4,33H2,1H3,(H,58,59)(H,60,61). The average molecular weight is 892 g/mol. The van der Waals surface area contributed by atoms with Gasteiger partial charge in [0.2, 0.25) is 0 Å². The molecule has 10 heteroatoms. The fourth-order valence-electron chi connectivity index (χ4n) is 6.58. The van der Waals surface area contributed by atoms with Gasteiger partial charge in [0.1, 0.15) is 11.6 Å². The van der Waals surface area contributed by atoms with Crippen LogP contribution in [-0.4, -0.2) is 27.9 Å². The van der Waals surface area contributed by atoms with E-state index in [1.807, 2.05) is 60.3 Å². The highest BCUT2D eigenvalue weighted by molar-refractivity contribution is 7.99. The van der Waals surface area contributed by atoms with Crippen molar-refractivity contribution in [3.05, 3.63) is 200 Å². The molecular formula is C54H41N3O4S3. The Morgan fingerprint density at radius 1 is 0.625 bits per heavy atom. The average Bonchev–Trinajstić information content (AvgIpc) is 4.00. The number of hydrogen-bond donors (Lipinski definition) is 2. The van der Waals surface area contributed by atoms with Gasteiger partial charge in [-0.2, -0.15) is 5.26 Å². The number of thioether (sulfide) groups is 1. The molecule has 64 heavy (non-hydrogen) atoms. The van der Waals surface area contributed by atoms with Crippen LogP contribution in [0.3, 0.4) is 0 Å². The fourth-order valence-corrected chi connectivity index (χ4v) is 9.48. The van der Waals surface area contributed by atoms with Crippen LogP contribution in [0.25, 0.3) is 62.2 Å². The van der Waals surface area contributed by atoms with E-state index in [1.165, 1.54) is 52.6 Å². The Bertz CT molecular complexity index is 2770. The summed E-state index contributed by atoms with van der Waals surface area (Å²) in [6.45, 7) is 9.31. The van der Waals surface area contributed by atoms with Crippen molar-refractivity contribution in [1.82, 2.24) is 0 Å². The van der Waals surface area contributed by atoms with Crippen molar-refractivity contribution in [3.8, 4) is 27.0 Å². The van der Waals surface area contributed by atoms with Gasteiger partial charge in [0, 0.05) is 41.5 Å². The summed E-state index contributed by atoms with van der Waals surface area (Å²) in [5.74, 6) is -1.37. The molecule has 2 heterocycles. The molecule has 0 spiro atoms. The van der Waals surface area contributed by atoms with Gasteiger partial charge < -0.3 is 15.1 Å². The summed E-state index contributed by atoms with van der Waals surface area (Å²) in [6, 6.07) is 51.5. The number of nitriles is 1. The molecule has 0 unspecified atom stereocenters. The van der Waals surface area contributed by atoms with Crippen LogP contribution in [0.1, 0.15) is 51.8 Å². The van der Waals surface area contributed by atoms with Crippen molar-refractivity contribution >= 4 is 99.9 Å². The number of aliphatic carboxylic acids is 2. The summed E-state index contributed by atoms with van der Waals surface area (Å²) >= 11 is 4.77. The largest absolute Gasteiger partial charge is 0.486 e. The maximum Gasteiger partial charge on any atom is 0.346 e. The normalized spacial score (nSPS) is 11.7. The zero-order valence-electron chi connectivity index (χ0n) is 34.7. The molecule has 0 atom stereocenters. The second-order valence-corrected chi connectivity index (χ2v) is 17.8. The molecule has 314 valence electrons. The highest BCUT2D eigenvalue weighted by atomic mass is 32.2. The Morgan fingerprint density at radius 3 is 1.44 bits per heavy atom. The minimum absolute atomic E-state index is 0.290. The molecule has 0 aliphatic rings. The van der Waals surface area contributed by atoms with Gasteiger partial charge in [-0.25, -0.2) is 9.64 Å². The van der Waals surface area contributed by atoms with Gasteiger partial charge >= 0.3 is 11.9 Å². The van der Waals surface area contributed by atoms with Gasteiger partial charge in [-0.3, -0.25) is 4.79 Å². The third kappa shape index (κ3) is 11.7. The van der Waals surface area contributed by atoms with Crippen LogP contribution in [0.4, 0.5) is 17.1 Å². The summed E-state index contributed by atoms with van der Waals surface area (Å²) in [7, 11) is 0. The maximum absolute atomic E-state index is 11.2. The highest BCUT2D eigenvalue weighted by Gasteiger charge is 2.14. The molecule has 0 amide bonds. The Hall–Kier alpha value is -7.47. The second kappa shape index (κ2) is 21.6. The number of nitrogens with zero attached hydrogens (tertiary/aromatic N) is 3. The van der Waals surface area contributed by atoms with Crippen molar-refractivity contribution in [3.63, 3.8) is 0 Å². The van der Waals surface area contributed by atoms with E-state index in [0.29, 0.717) is 4.88 Å². The number of carbonyl (C=O) groups is 2. The molecule has 0 fully saturated rings. The molecule has 0 bridgehead atoms. The Kier molecular flexibility index (Phi) is 15.0. The molecule has 7 rings (SSSR count). The quantitative estimate of drug-likeness (QED) is 0.0234. The number of rotatable bonds is 17. The molecule has 2 aromatic heterocycles. The van der Waals surface area contributed by atoms with Crippen LogP contribution in [-0.2, 0) is 9.59 Å². The lowest BCUT2D eigenvalue weighted by atomic mass is 10.1. The zero-order chi connectivity index (χ0) is 44.8. The van der Waals surface area contributed by atoms with Crippen LogP contribution in [0.5, 0.6) is 0 Å². The SMILES string of the molecule is [C-]#[N+]C(=Cc1ccc(-c2ccc(C=Cc3ccc(N(c4ccc(C=Cc5ccc(-c6ccc(C=C(C#N)C(=O)O)s6)cc5)cc4)c4ccc(SCCCC)cc4)cc3)cc2)s1)C(=O)O. The summed E-state index contributed by atoms with van der Waals surface area (Å²) in [4.78, 5) is 32.5. The lowest BCUT2D eigenvalue weighted by Crippen LogP contribution is -2.09. The Morgan fingerprint density at radius 2 is 1.05 bits per heavy atom. The van der Waals surface area contributed by atoms with E-state index in [0.717, 1.165) is 70.8 Å². The van der Waals surface area contributed by atoms with Crippen molar-refractivity contribution < 1.29 is 19.8 Å². The first-order valence-electron chi connectivity index (χ1n) is 20.4. The van der Waals surface area contributed by atoms with E-state index in [9.17, 15) is 19.8 Å². The van der Waals surface area contributed by atoms with E-state index >= 15 is 0 Å². The molecular weight excluding hydrogens is 851 g/mol. The number of benzene rings is 5. The van der Waals surface area contributed by atoms with E-state index in [1.54, 1.807) is 6.07 Å². The molecule has 7 aromatic rings. The monoisotopic (exact) mass is 891 g/mol. The Balaban J connectivity index is 1.05. The molecule has 0 radical (unpaired) electrons. The molecule has 2 N–H and O–H groups in total. The summed E-state index contributed by atoms with van der Waals surface area (Å²) in [6.07, 6.45) is 13.5. The van der Waals surface area contributed by atoms with E-state index in [4.69, 9.17) is 11.8 Å². The van der Waals surface area contributed by atoms with Crippen LogP contribution in [0, 0.1) is 17.9 Å². The topological polar surface area (TPSA) is 106 Å². The minimum atomic E-state index is -1.24. The van der Waals surface area contributed by atoms with Crippen LogP contribution < -0.4 is 4.90 Å². The zero-order valence-corrected chi connectivity index (χ0v) is 37.2. The van der Waals surface area contributed by atoms with Gasteiger partial charge in [0.05, 0.1) is 6.57 Å². The predicted octanol–water partition coefficient (Wildman–Crippen LogP) is 15.2. The van der Waals surface area contributed by atoms with Gasteiger partial charge in [0.25, 0.3) is 5.70 Å². The van der Waals surface area contributed by atoms with Gasteiger partial charge in [0.15, 0.2) is 0 Å². The summed E-state index contributed by atoms with van der Waals surface area (Å²) < 4.78 is 0. The molecule has 0 saturated carbocycles. The second-order valence-electron chi connectivity index (χ2n) is 14.5. The van der Waals surface area contributed by atoms with Crippen molar-refractivity contribution in [2.24, 2.45) is 0 Å². The summed E-state index contributed by atoms with van der Waals surface area (Å²) in [5.41, 5.74) is 8.80. The first kappa shape index (κ1) is 44.6. The van der Waals surface area contributed by atoms with Crippen molar-refractivity contribution in [2.45, 2.75) is 24.7 Å². The number of unbranched alkanes of at least 4 members (excludes halogenated alkanes) is 1. The van der Waals surface area contributed by atoms with Crippen LogP contribution in [0.2, 0.25) is 0 Å². The van der Waals surface area contributed by atoms with Gasteiger partial charge in [-0.1, -0.05) is 110 Å². The molecule has 0 aliphatic carbocycles. The van der Waals surface area contributed by atoms with E-state index < -0.39 is 11.9 Å². The number of anilines is 3. The van der Waals surface area contributed by atoms with Gasteiger partial charge in [-0.15, -0.1) is 34.4 Å². The minimum Gasteiger partial charge on any atom is -0.486 e. The molecule has 0 saturated heterocycles. The molecule has 7 nitrogen and oxygen atoms in total. The number of thiophene rings is 2. The van der Waals surface area contributed by atoms with Gasteiger partial charge in [-0.05, 0) is 131 Å². The third-order valence-electron chi connectivity index (χ3n) is 10.0. The predicted molar refractivity (Wildman–Crippen MR) is 268 cm³/mol. The van der Waals surface area contributed by atoms with E-state index in [-0.39, 0.29) is 11.3 Å². The first-order chi connectivity index (χ1) is 31.2. The van der Waals surface area contributed by atoms with Crippen LogP contribution in [0.15, 0.2) is 162 Å². The number of hydrogen-bond acceptors (Lipinski definition) is 7. The highest BCUT2D eigenvalue weighted by Crippen LogP contribution is 2.37. The number of carboxylic acid groups (broad SMARTS) is 2. The lowest BCUT2D eigenvalue weighted by Gasteiger charge is -2.26.